The Kier molecular flexibility index (Phi) is 31.1. The Morgan fingerprint density at radius 2 is 0.664 bits per heavy atom. The van der Waals surface area contributed by atoms with Gasteiger partial charge in [0.25, 0.3) is 0 Å². The highest BCUT2D eigenvalue weighted by molar-refractivity contribution is 6.74. The molecule has 5 fully saturated rings. The van der Waals surface area contributed by atoms with E-state index in [1.165, 1.54) is 64.2 Å². The first kappa shape index (κ1) is 98.1. The van der Waals surface area contributed by atoms with Crippen molar-refractivity contribution in [3.8, 4) is 55.6 Å². The average Bonchev–Trinajstić information content (AvgIpc) is 1.65. The van der Waals surface area contributed by atoms with E-state index in [1.54, 1.807) is 52.2 Å². The molecule has 15 aromatic heterocycles. The summed E-state index contributed by atoms with van der Waals surface area (Å²) in [6.45, 7) is 28.3. The molecule has 5 aliphatic carbocycles. The summed E-state index contributed by atoms with van der Waals surface area (Å²) in [7, 11) is 7.84. The topological polar surface area (TPSA) is 451 Å². The molecule has 732 valence electrons. The SMILES string of the molecule is CC(C)N[C@@H]1CCC[C@H](c2cc(N)n3ncc(-c4cnn(C)c4)c3n2)C1.CCN(CC)[C@@H]1CCC[C@H](c2cc(N)n3ncc(-c4cnn(C)c4)c3n2)C1.CCN[C@@H]1CCC[C@H](c2cc(N)n3ncc(-c4cnn(C)c4)c3n2)C1.Cn1cc(-c2cnn3c(N)cc([C@H]4CCC[C@@H](NCCO)C4)nc23)cn1.Cn1cc(-c2cnn3c(N)cc([C@H]4CCC[C@@H](NCCO[Si](C)(C)C(C)(C)C)C4)nc23)cn1. The average molecular weight is 1890 g/mol. The van der Waals surface area contributed by atoms with Crippen molar-refractivity contribution in [2.75, 3.05) is 74.6 Å². The van der Waals surface area contributed by atoms with Crippen molar-refractivity contribution in [2.24, 2.45) is 35.2 Å². The van der Waals surface area contributed by atoms with Gasteiger partial charge in [-0.3, -0.25) is 23.4 Å². The number of rotatable bonds is 25. The van der Waals surface area contributed by atoms with Gasteiger partial charge in [0.15, 0.2) is 36.6 Å². The third-order valence-electron chi connectivity index (χ3n) is 28.8. The van der Waals surface area contributed by atoms with Crippen molar-refractivity contribution in [3.63, 3.8) is 0 Å². The van der Waals surface area contributed by atoms with Gasteiger partial charge in [0.2, 0.25) is 0 Å². The van der Waals surface area contributed by atoms with Crippen molar-refractivity contribution in [3.05, 3.63) is 152 Å². The minimum Gasteiger partial charge on any atom is -0.416 e. The molecule has 0 spiro atoms. The number of fused-ring (bicyclic) bond motifs is 5. The lowest BCUT2D eigenvalue weighted by Crippen LogP contribution is -2.43. The van der Waals surface area contributed by atoms with Crippen LogP contribution >= 0.6 is 0 Å². The van der Waals surface area contributed by atoms with Gasteiger partial charge in [0.1, 0.15) is 29.1 Å². The summed E-state index contributed by atoms with van der Waals surface area (Å²) in [6.07, 6.45) is 51.5. The van der Waals surface area contributed by atoms with Gasteiger partial charge in [0.05, 0.1) is 68.6 Å². The second-order valence-electron chi connectivity index (χ2n) is 40.1. The van der Waals surface area contributed by atoms with Crippen LogP contribution in [-0.4, -0.2) is 222 Å². The molecular formula is C99H145N35O2Si. The molecule has 15 N–H and O–H groups in total. The van der Waals surface area contributed by atoms with E-state index in [2.05, 4.69) is 146 Å². The Morgan fingerprint density at radius 1 is 0.387 bits per heavy atom. The summed E-state index contributed by atoms with van der Waals surface area (Å²) < 4.78 is 23.9. The zero-order chi connectivity index (χ0) is 96.5. The van der Waals surface area contributed by atoms with E-state index in [1.807, 2.05) is 152 Å². The fourth-order valence-corrected chi connectivity index (χ4v) is 21.8. The summed E-state index contributed by atoms with van der Waals surface area (Å²) in [5, 5.41) is 67.2. The van der Waals surface area contributed by atoms with E-state index >= 15 is 0 Å². The van der Waals surface area contributed by atoms with Crippen LogP contribution in [0.4, 0.5) is 29.1 Å². The van der Waals surface area contributed by atoms with E-state index < -0.39 is 8.32 Å². The number of nitrogens with zero attached hydrogens (tertiary/aromatic N) is 26. The van der Waals surface area contributed by atoms with Gasteiger partial charge >= 0.3 is 0 Å². The maximum atomic E-state index is 9.04. The van der Waals surface area contributed by atoms with Crippen LogP contribution in [0.25, 0.3) is 83.9 Å². The van der Waals surface area contributed by atoms with Gasteiger partial charge in [-0.25, -0.2) is 24.9 Å². The zero-order valence-corrected chi connectivity index (χ0v) is 83.9. The van der Waals surface area contributed by atoms with Crippen LogP contribution in [0, 0.1) is 0 Å². The van der Waals surface area contributed by atoms with Crippen LogP contribution in [0.15, 0.2) is 123 Å². The number of nitrogens with one attached hydrogen (secondary N) is 4. The molecule has 137 heavy (non-hydrogen) atoms. The number of aliphatic hydroxyl groups is 1. The maximum absolute atomic E-state index is 9.04. The van der Waals surface area contributed by atoms with Crippen molar-refractivity contribution < 1.29 is 9.53 Å². The molecule has 15 aromatic rings. The lowest BCUT2D eigenvalue weighted by molar-refractivity contribution is 0.160. The first-order valence-electron chi connectivity index (χ1n) is 49.6. The third-order valence-corrected chi connectivity index (χ3v) is 33.4. The standard InChI is InChI=1S/C24H39N7OSi.C20H29N7.C19H27N7.C18H25N7O.C18H25N7/c1-24(2,3)33(5,6)32-11-10-26-19-9-7-8-17(12-19)21-13-22(25)31-23(29-21)20(15-28-31)18-14-27-30(4)16-18;1-4-26(5-2)16-8-6-7-14(9-16)18-10-19(21)27-20(24-18)17(12-23-27)15-11-22-25(3)13-15;1-12(2)23-15-6-4-5-13(7-15)17-8-18(20)26-19(24-17)16(10-22-26)14-9-21-25(3)11-14;1-24-11-13(9-21-24)15-10-22-25-17(19)8-16(23-18(15)25)12-3-2-4-14(7-12)20-5-6-26;1-3-20-14-6-4-5-12(7-14)16-8-17(19)25-18(23-16)15(10-22-25)13-9-21-24(2)11-13/h13-17,19,26H,7-12,25H2,1-6H3;10-14,16H,4-9,21H2,1-3H3;8-13,15,23H,4-7,20H2,1-3H3;8-12,14,20,26H,2-7,19H2,1H3;8-12,14,20H,3-7,19H2,1-2H3/t17-,19+;14-,16+;13-,15+;2*12-,14+/m00000/s1. The highest BCUT2D eigenvalue weighted by atomic mass is 28.4. The van der Waals surface area contributed by atoms with Crippen molar-refractivity contribution >= 4 is 65.6 Å². The Labute approximate surface area is 803 Å². The van der Waals surface area contributed by atoms with Gasteiger partial charge in [0, 0.05) is 266 Å². The largest absolute Gasteiger partial charge is 0.416 e. The second kappa shape index (κ2) is 43.4. The van der Waals surface area contributed by atoms with Crippen LogP contribution < -0.4 is 49.9 Å². The smallest absolute Gasteiger partial charge is 0.192 e. The molecule has 0 radical (unpaired) electrons. The minimum atomic E-state index is -1.69. The Bertz CT molecular complexity index is 6500. The van der Waals surface area contributed by atoms with Crippen LogP contribution in [-0.2, 0) is 39.7 Å². The number of nitrogen functional groups attached to an aromatic ring is 5. The van der Waals surface area contributed by atoms with Crippen LogP contribution in [0.5, 0.6) is 0 Å². The van der Waals surface area contributed by atoms with E-state index in [0.717, 1.165) is 209 Å². The molecule has 5 aliphatic rings. The van der Waals surface area contributed by atoms with Crippen molar-refractivity contribution in [1.29, 1.82) is 0 Å². The molecule has 0 bridgehead atoms. The molecule has 0 amide bonds. The van der Waals surface area contributed by atoms with Gasteiger partial charge in [-0.2, -0.15) is 73.6 Å². The Morgan fingerprint density at radius 3 is 0.934 bits per heavy atom. The number of aryl methyl sites for hydroxylation is 5. The lowest BCUT2D eigenvalue weighted by Gasteiger charge is -2.36. The van der Waals surface area contributed by atoms with E-state index in [9.17, 15) is 0 Å². The van der Waals surface area contributed by atoms with E-state index in [4.69, 9.17) is 63.1 Å². The molecule has 0 aromatic carbocycles. The predicted molar refractivity (Wildman–Crippen MR) is 544 cm³/mol. The highest BCUT2D eigenvalue weighted by Gasteiger charge is 2.38. The monoisotopic (exact) mass is 1880 g/mol. The number of hydrogen-bond donors (Lipinski definition) is 10. The van der Waals surface area contributed by atoms with E-state index in [0.29, 0.717) is 101 Å². The molecular weight excluding hydrogens is 1740 g/mol. The molecule has 0 saturated heterocycles. The van der Waals surface area contributed by atoms with Gasteiger partial charge < -0.3 is 64.4 Å². The first-order valence-corrected chi connectivity index (χ1v) is 52.5. The van der Waals surface area contributed by atoms with Crippen LogP contribution in [0.2, 0.25) is 18.1 Å². The molecule has 0 unspecified atom stereocenters. The summed E-state index contributed by atoms with van der Waals surface area (Å²) in [4.78, 5) is 27.5. The summed E-state index contributed by atoms with van der Waals surface area (Å²) in [5.41, 5.74) is 50.8. The fraction of sp³-hybridized carbons (Fsp3) is 0.545. The predicted octanol–water partition coefficient (Wildman–Crippen LogP) is 13.8. The molecule has 20 rings (SSSR count). The quantitative estimate of drug-likeness (QED) is 0.0188. The van der Waals surface area contributed by atoms with Gasteiger partial charge in [-0.05, 0) is 134 Å². The third kappa shape index (κ3) is 22.9. The lowest BCUT2D eigenvalue weighted by atomic mass is 9.82. The van der Waals surface area contributed by atoms with Crippen molar-refractivity contribution in [2.45, 2.75) is 268 Å². The molecule has 10 atom stereocenters. The number of aliphatic hydroxyl groups excluding tert-OH is 1. The molecule has 37 nitrogen and oxygen atoms in total. The second-order valence-corrected chi connectivity index (χ2v) is 44.9. The van der Waals surface area contributed by atoms with Crippen LogP contribution in [0.1, 0.15) is 242 Å². The minimum absolute atomic E-state index is 0.169. The summed E-state index contributed by atoms with van der Waals surface area (Å²) in [5.74, 6) is 5.24. The number of nitrogens with two attached hydrogens (primary N) is 5. The summed E-state index contributed by atoms with van der Waals surface area (Å²) >= 11 is 0. The fourth-order valence-electron chi connectivity index (χ4n) is 20.8. The van der Waals surface area contributed by atoms with E-state index in [-0.39, 0.29) is 11.6 Å². The normalized spacial score (nSPS) is 20.6. The molecule has 15 heterocycles. The number of hydrogen-bond acceptors (Lipinski definition) is 27. The molecule has 38 heteroatoms. The number of anilines is 5. The Balaban J connectivity index is 0.000000124. The number of aromatic nitrogens is 25. The summed E-state index contributed by atoms with van der Waals surface area (Å²) in [6, 6.07) is 13.1. The maximum Gasteiger partial charge on any atom is 0.192 e. The van der Waals surface area contributed by atoms with Gasteiger partial charge in [-0.15, -0.1) is 0 Å². The molecule has 0 aliphatic heterocycles. The Hall–Kier alpha value is -11.9. The van der Waals surface area contributed by atoms with Crippen LogP contribution in [0.3, 0.4) is 0 Å². The highest BCUT2D eigenvalue weighted by Crippen LogP contribution is 2.43. The molecule has 5 saturated carbocycles. The van der Waals surface area contributed by atoms with Gasteiger partial charge in [-0.1, -0.05) is 87.5 Å². The zero-order valence-electron chi connectivity index (χ0n) is 82.9. The van der Waals surface area contributed by atoms with Crippen molar-refractivity contribution in [1.82, 2.24) is 148 Å². The first-order chi connectivity index (χ1) is 66.0.